The number of carbonyl (C=O) groups excluding carboxylic acids is 3. The maximum Gasteiger partial charge on any atom is 0.308 e. The number of hydrogen-bond donors (Lipinski definition) is 1. The molecule has 1 saturated heterocycles. The van der Waals surface area contributed by atoms with Gasteiger partial charge >= 0.3 is 11.9 Å². The summed E-state index contributed by atoms with van der Waals surface area (Å²) in [5.74, 6) is -0.0332. The van der Waals surface area contributed by atoms with Gasteiger partial charge in [0.15, 0.2) is 0 Å². The van der Waals surface area contributed by atoms with Gasteiger partial charge in [-0.1, -0.05) is 48.9 Å². The lowest BCUT2D eigenvalue weighted by Gasteiger charge is -2.55. The molecule has 2 aromatic rings. The first-order chi connectivity index (χ1) is 18.7. The van der Waals surface area contributed by atoms with Crippen molar-refractivity contribution >= 4 is 17.8 Å². The summed E-state index contributed by atoms with van der Waals surface area (Å²) in [6.45, 7) is 4.53. The minimum Gasteiger partial charge on any atom is -0.462 e. The molecule has 7 heteroatoms. The van der Waals surface area contributed by atoms with E-state index in [1.807, 2.05) is 18.2 Å². The van der Waals surface area contributed by atoms with E-state index in [-0.39, 0.29) is 41.3 Å². The lowest BCUT2D eigenvalue weighted by molar-refractivity contribution is -0.157. The lowest BCUT2D eigenvalue weighted by atomic mass is 9.57. The van der Waals surface area contributed by atoms with Crippen molar-refractivity contribution < 1.29 is 23.9 Å². The van der Waals surface area contributed by atoms with Gasteiger partial charge < -0.3 is 19.7 Å². The van der Waals surface area contributed by atoms with Crippen LogP contribution >= 0.6 is 0 Å². The van der Waals surface area contributed by atoms with Gasteiger partial charge in [0.2, 0.25) is 5.91 Å². The van der Waals surface area contributed by atoms with E-state index in [0.717, 1.165) is 57.2 Å². The average Bonchev–Trinajstić information content (AvgIpc) is 2.89. The summed E-state index contributed by atoms with van der Waals surface area (Å²) in [5, 5.41) is 3.29. The molecule has 1 N–H and O–H groups in total. The Morgan fingerprint density at radius 1 is 1.00 bits per heavy atom. The van der Waals surface area contributed by atoms with Gasteiger partial charge in [-0.25, -0.2) is 0 Å². The number of hydrogen-bond acceptors (Lipinski definition) is 6. The Morgan fingerprint density at radius 3 is 2.54 bits per heavy atom. The molecule has 7 nitrogen and oxygen atoms in total. The highest BCUT2D eigenvalue weighted by Crippen LogP contribution is 2.50. The first kappa shape index (κ1) is 28.8. The minimum atomic E-state index is -0.361. The molecule has 2 aromatic carbocycles. The van der Waals surface area contributed by atoms with Crippen LogP contribution in [0, 0.1) is 5.92 Å². The zero-order valence-electron chi connectivity index (χ0n) is 23.5. The van der Waals surface area contributed by atoms with E-state index in [9.17, 15) is 14.4 Å². The fraction of sp³-hybridized carbons (Fsp3) is 0.531. The quantitative estimate of drug-likeness (QED) is 0.267. The van der Waals surface area contributed by atoms with Crippen LogP contribution < -0.4 is 10.1 Å². The SMILES string of the molecule is CC(=O)Oc1cccc([C@@]23CCN(C)C[C@H]2C(OC(C)=O)C[C@@H](NC(=O)CCCCCc2ccccc2)C3)c1. The van der Waals surface area contributed by atoms with Gasteiger partial charge in [0, 0.05) is 50.6 Å². The number of rotatable bonds is 10. The van der Waals surface area contributed by atoms with Crippen LogP contribution in [-0.4, -0.2) is 55.0 Å². The molecule has 1 amide bonds. The van der Waals surface area contributed by atoms with Crippen LogP contribution in [-0.2, 0) is 31.0 Å². The van der Waals surface area contributed by atoms with Gasteiger partial charge in [0.25, 0.3) is 0 Å². The zero-order valence-corrected chi connectivity index (χ0v) is 23.5. The van der Waals surface area contributed by atoms with Crippen LogP contribution in [0.2, 0.25) is 0 Å². The third kappa shape index (κ3) is 7.69. The van der Waals surface area contributed by atoms with Crippen molar-refractivity contribution in [1.82, 2.24) is 10.2 Å². The Kier molecular flexibility index (Phi) is 9.78. The number of amides is 1. The van der Waals surface area contributed by atoms with Crippen LogP contribution in [0.5, 0.6) is 5.75 Å². The van der Waals surface area contributed by atoms with Crippen molar-refractivity contribution in [3.63, 3.8) is 0 Å². The molecule has 0 bridgehead atoms. The summed E-state index contributed by atoms with van der Waals surface area (Å²) >= 11 is 0. The van der Waals surface area contributed by atoms with E-state index >= 15 is 0 Å². The van der Waals surface area contributed by atoms with Crippen molar-refractivity contribution in [2.45, 2.75) is 82.8 Å². The van der Waals surface area contributed by atoms with Gasteiger partial charge in [-0.2, -0.15) is 0 Å². The molecular formula is C32H42N2O5. The molecule has 1 unspecified atom stereocenters. The monoisotopic (exact) mass is 534 g/mol. The summed E-state index contributed by atoms with van der Waals surface area (Å²) in [7, 11) is 2.09. The fourth-order valence-electron chi connectivity index (χ4n) is 6.57. The van der Waals surface area contributed by atoms with E-state index in [1.54, 1.807) is 6.07 Å². The number of nitrogens with one attached hydrogen (secondary N) is 1. The summed E-state index contributed by atoms with van der Waals surface area (Å²) in [6, 6.07) is 18.0. The Labute approximate surface area is 232 Å². The Bertz CT molecular complexity index is 1140. The van der Waals surface area contributed by atoms with Gasteiger partial charge in [-0.15, -0.1) is 0 Å². The zero-order chi connectivity index (χ0) is 27.8. The third-order valence-electron chi connectivity index (χ3n) is 8.30. The predicted octanol–water partition coefficient (Wildman–Crippen LogP) is 4.81. The van der Waals surface area contributed by atoms with Crippen molar-refractivity contribution in [3.05, 3.63) is 65.7 Å². The Morgan fingerprint density at radius 2 is 1.79 bits per heavy atom. The number of unbranched alkanes of at least 4 members (excludes halogenated alkanes) is 2. The molecule has 2 fully saturated rings. The summed E-state index contributed by atoms with van der Waals surface area (Å²) < 4.78 is 11.3. The Balaban J connectivity index is 1.46. The standard InChI is InChI=1S/C32H42N2O5/c1-23(35)38-28-15-10-14-26(19-28)32-17-18-34(3)22-29(32)30(39-24(2)36)20-27(21-32)33-31(37)16-9-5-8-13-25-11-6-4-7-12-25/h4,6-7,10-12,14-15,19,27,29-30H,5,8-9,13,16-18,20-22H2,1-3H3,(H,33,37)/t27-,29+,30?,32+/m1/s1. The van der Waals surface area contributed by atoms with Crippen LogP contribution in [0.25, 0.3) is 0 Å². The van der Waals surface area contributed by atoms with Crippen LogP contribution in [0.15, 0.2) is 54.6 Å². The molecule has 39 heavy (non-hydrogen) atoms. The average molecular weight is 535 g/mol. The highest BCUT2D eigenvalue weighted by atomic mass is 16.5. The van der Waals surface area contributed by atoms with E-state index in [4.69, 9.17) is 9.47 Å². The van der Waals surface area contributed by atoms with E-state index in [2.05, 4.69) is 47.6 Å². The van der Waals surface area contributed by atoms with Gasteiger partial charge in [-0.3, -0.25) is 14.4 Å². The third-order valence-corrected chi connectivity index (χ3v) is 8.30. The minimum absolute atomic E-state index is 0.0523. The highest BCUT2D eigenvalue weighted by Gasteiger charge is 2.53. The number of ether oxygens (including phenoxy) is 2. The normalized spacial score (nSPS) is 24.8. The number of likely N-dealkylation sites (tertiary alicyclic amines) is 1. The fourth-order valence-corrected chi connectivity index (χ4v) is 6.57. The predicted molar refractivity (Wildman–Crippen MR) is 150 cm³/mol. The summed E-state index contributed by atoms with van der Waals surface area (Å²) in [4.78, 5) is 39.1. The largest absolute Gasteiger partial charge is 0.462 e. The van der Waals surface area contributed by atoms with E-state index in [1.165, 1.54) is 19.4 Å². The second kappa shape index (κ2) is 13.2. The number of esters is 2. The second-order valence-electron chi connectivity index (χ2n) is 11.3. The van der Waals surface area contributed by atoms with Gasteiger partial charge in [-0.05, 0) is 69.0 Å². The molecule has 0 radical (unpaired) electrons. The molecule has 2 aliphatic rings. The molecule has 4 rings (SSSR count). The number of benzene rings is 2. The van der Waals surface area contributed by atoms with Gasteiger partial charge in [0.05, 0.1) is 0 Å². The molecule has 1 saturated carbocycles. The molecule has 4 atom stereocenters. The van der Waals surface area contributed by atoms with Crippen LogP contribution in [0.1, 0.15) is 69.9 Å². The number of aryl methyl sites for hydroxylation is 1. The van der Waals surface area contributed by atoms with E-state index < -0.39 is 0 Å². The maximum atomic E-state index is 13.0. The number of fused-ring (bicyclic) bond motifs is 1. The number of piperidine rings is 1. The number of nitrogens with zero attached hydrogens (tertiary/aromatic N) is 1. The Hall–Kier alpha value is -3.19. The first-order valence-corrected chi connectivity index (χ1v) is 14.2. The van der Waals surface area contributed by atoms with Crippen molar-refractivity contribution in [2.24, 2.45) is 5.92 Å². The molecule has 0 spiro atoms. The molecule has 1 aliphatic carbocycles. The summed E-state index contributed by atoms with van der Waals surface area (Å²) in [5.41, 5.74) is 2.09. The molecule has 210 valence electrons. The van der Waals surface area contributed by atoms with Crippen molar-refractivity contribution in [2.75, 3.05) is 20.1 Å². The summed E-state index contributed by atoms with van der Waals surface area (Å²) in [6.07, 6.45) is 6.34. The van der Waals surface area contributed by atoms with Crippen molar-refractivity contribution in [3.8, 4) is 5.75 Å². The highest BCUT2D eigenvalue weighted by molar-refractivity contribution is 5.76. The lowest BCUT2D eigenvalue weighted by Crippen LogP contribution is -2.61. The molecule has 1 heterocycles. The van der Waals surface area contributed by atoms with Crippen LogP contribution in [0.3, 0.4) is 0 Å². The second-order valence-corrected chi connectivity index (χ2v) is 11.3. The molecule has 0 aromatic heterocycles. The molecule has 1 aliphatic heterocycles. The smallest absolute Gasteiger partial charge is 0.308 e. The van der Waals surface area contributed by atoms with Crippen LogP contribution in [0.4, 0.5) is 0 Å². The maximum absolute atomic E-state index is 13.0. The van der Waals surface area contributed by atoms with Crippen molar-refractivity contribution in [1.29, 1.82) is 0 Å². The number of carbonyl (C=O) groups is 3. The van der Waals surface area contributed by atoms with Gasteiger partial charge in [0.1, 0.15) is 11.9 Å². The topological polar surface area (TPSA) is 84.9 Å². The first-order valence-electron chi connectivity index (χ1n) is 14.2. The van der Waals surface area contributed by atoms with E-state index in [0.29, 0.717) is 18.6 Å². The molecular weight excluding hydrogens is 492 g/mol.